The van der Waals surface area contributed by atoms with Crippen molar-refractivity contribution >= 4 is 37.2 Å². The maximum Gasteiger partial charge on any atom is 0.0446 e. The Morgan fingerprint density at radius 3 is 2.13 bits per heavy atom. The first kappa shape index (κ1) is 24.8. The summed E-state index contributed by atoms with van der Waals surface area (Å²) in [6, 6.07) is 0.394. The Labute approximate surface area is 111 Å². The summed E-state index contributed by atoms with van der Waals surface area (Å²) in [4.78, 5) is 0. The van der Waals surface area contributed by atoms with Crippen molar-refractivity contribution in [1.29, 1.82) is 0 Å². The fourth-order valence-electron chi connectivity index (χ4n) is 0.921. The van der Waals surface area contributed by atoms with Gasteiger partial charge in [0.15, 0.2) is 0 Å². The number of rotatable bonds is 7. The minimum Gasteiger partial charge on any atom is -0.396 e. The molecule has 0 saturated carbocycles. The Morgan fingerprint density at radius 1 is 1.27 bits per heavy atom. The molecule has 0 saturated heterocycles. The summed E-state index contributed by atoms with van der Waals surface area (Å²) >= 11 is 0. The van der Waals surface area contributed by atoms with E-state index in [2.05, 4.69) is 12.2 Å². The minimum atomic E-state index is 0. The van der Waals surface area contributed by atoms with Crippen molar-refractivity contribution in [2.24, 2.45) is 11.5 Å². The van der Waals surface area contributed by atoms with Crippen LogP contribution in [-0.2, 0) is 0 Å². The van der Waals surface area contributed by atoms with E-state index in [0.717, 1.165) is 13.0 Å². The summed E-state index contributed by atoms with van der Waals surface area (Å²) in [7, 11) is 0. The van der Waals surface area contributed by atoms with Crippen molar-refractivity contribution < 1.29 is 5.11 Å². The average molecular weight is 285 g/mol. The lowest BCUT2D eigenvalue weighted by atomic mass is 10.2. The molecule has 0 aromatic rings. The molecule has 0 bridgehead atoms. The fraction of sp³-hybridized carbons (Fsp3) is 1.00. The van der Waals surface area contributed by atoms with Gasteiger partial charge < -0.3 is 21.9 Å². The Bertz CT molecular complexity index is 111. The normalized spacial score (nSPS) is 12.8. The van der Waals surface area contributed by atoms with Gasteiger partial charge in [0.2, 0.25) is 0 Å². The summed E-state index contributed by atoms with van der Waals surface area (Å²) in [5, 5.41) is 11.9. The molecule has 4 nitrogen and oxygen atoms in total. The molecule has 0 radical (unpaired) electrons. The lowest BCUT2D eigenvalue weighted by molar-refractivity contribution is 0.264. The van der Waals surface area contributed by atoms with Crippen LogP contribution in [0, 0.1) is 0 Å². The second-order valence-corrected chi connectivity index (χ2v) is 3.02. The lowest BCUT2D eigenvalue weighted by Gasteiger charge is -2.18. The minimum absolute atomic E-state index is 0. The van der Waals surface area contributed by atoms with E-state index in [1.54, 1.807) is 0 Å². The molecule has 0 aromatic heterocycles. The average Bonchev–Trinajstić information content (AvgIpc) is 2.11. The number of hydrogen-bond donors (Lipinski definition) is 4. The monoisotopic (exact) mass is 283 g/mol. The second-order valence-electron chi connectivity index (χ2n) is 3.02. The summed E-state index contributed by atoms with van der Waals surface area (Å²) in [5.74, 6) is 0. The Kier molecular flexibility index (Phi) is 28.3. The smallest absolute Gasteiger partial charge is 0.0446 e. The zero-order valence-corrected chi connectivity index (χ0v) is 11.5. The van der Waals surface area contributed by atoms with Crippen LogP contribution < -0.4 is 16.8 Å². The largest absolute Gasteiger partial charge is 0.396 e. The molecule has 2 unspecified atom stereocenters. The molecule has 2 atom stereocenters. The van der Waals surface area contributed by atoms with Crippen LogP contribution in [-0.4, -0.2) is 36.9 Å². The number of nitrogens with two attached hydrogens (primary N) is 2. The molecule has 15 heavy (non-hydrogen) atoms. The molecule has 0 aliphatic rings. The number of nitrogens with one attached hydrogen (secondary N) is 1. The predicted molar refractivity (Wildman–Crippen MR) is 72.6 cm³/mol. The van der Waals surface area contributed by atoms with Crippen LogP contribution in [0.15, 0.2) is 0 Å². The summed E-state index contributed by atoms with van der Waals surface area (Å²) in [5.41, 5.74) is 11.2. The molecule has 7 heteroatoms. The van der Waals surface area contributed by atoms with Crippen molar-refractivity contribution in [1.82, 2.24) is 5.32 Å². The van der Waals surface area contributed by atoms with Gasteiger partial charge >= 0.3 is 0 Å². The SMILES string of the molecule is CCC(N)CNC(CN)CCO.Cl.Cl.Cl. The number of hydrogen-bond acceptors (Lipinski definition) is 4. The van der Waals surface area contributed by atoms with E-state index < -0.39 is 0 Å². The molecule has 0 aromatic carbocycles. The zero-order chi connectivity index (χ0) is 9.40. The Hall–Kier alpha value is 0.710. The van der Waals surface area contributed by atoms with Crippen LogP contribution in [0.2, 0.25) is 0 Å². The number of aliphatic hydroxyl groups excluding tert-OH is 1. The van der Waals surface area contributed by atoms with Crippen LogP contribution in [0.1, 0.15) is 19.8 Å². The summed E-state index contributed by atoms with van der Waals surface area (Å²) in [6.45, 7) is 3.56. The maximum absolute atomic E-state index is 8.66. The van der Waals surface area contributed by atoms with Gasteiger partial charge in [0.1, 0.15) is 0 Å². The number of halogens is 3. The van der Waals surface area contributed by atoms with Crippen molar-refractivity contribution in [2.45, 2.75) is 31.8 Å². The summed E-state index contributed by atoms with van der Waals surface area (Å²) in [6.07, 6.45) is 1.66. The van der Waals surface area contributed by atoms with E-state index in [1.165, 1.54) is 0 Å². The van der Waals surface area contributed by atoms with Crippen LogP contribution in [0.5, 0.6) is 0 Å². The van der Waals surface area contributed by atoms with E-state index in [9.17, 15) is 0 Å². The molecule has 98 valence electrons. The van der Waals surface area contributed by atoms with E-state index in [-0.39, 0.29) is 55.9 Å². The molecule has 0 fully saturated rings. The third kappa shape index (κ3) is 14.7. The second kappa shape index (κ2) is 17.1. The number of aliphatic hydroxyl groups is 1. The predicted octanol–water partition coefficient (Wildman–Crippen LogP) is 0.288. The van der Waals surface area contributed by atoms with Gasteiger partial charge in [0.25, 0.3) is 0 Å². The third-order valence-corrected chi connectivity index (χ3v) is 1.96. The van der Waals surface area contributed by atoms with Gasteiger partial charge in [-0.3, -0.25) is 0 Å². The van der Waals surface area contributed by atoms with E-state index >= 15 is 0 Å². The van der Waals surface area contributed by atoms with Crippen LogP contribution in [0.4, 0.5) is 0 Å². The molecular formula is C8H24Cl3N3O. The van der Waals surface area contributed by atoms with Gasteiger partial charge in [0, 0.05) is 31.8 Å². The molecule has 0 amide bonds. The fourth-order valence-corrected chi connectivity index (χ4v) is 0.921. The third-order valence-electron chi connectivity index (χ3n) is 1.96. The van der Waals surface area contributed by atoms with Crippen molar-refractivity contribution in [3.63, 3.8) is 0 Å². The Morgan fingerprint density at radius 2 is 1.80 bits per heavy atom. The first-order valence-corrected chi connectivity index (χ1v) is 4.54. The highest BCUT2D eigenvalue weighted by atomic mass is 35.5. The van der Waals surface area contributed by atoms with E-state index in [4.69, 9.17) is 16.6 Å². The van der Waals surface area contributed by atoms with Gasteiger partial charge in [-0.15, -0.1) is 37.2 Å². The van der Waals surface area contributed by atoms with E-state index in [1.807, 2.05) is 0 Å². The van der Waals surface area contributed by atoms with Crippen molar-refractivity contribution in [3.8, 4) is 0 Å². The molecule has 0 aliphatic carbocycles. The first-order valence-electron chi connectivity index (χ1n) is 4.54. The molecule has 0 aliphatic heterocycles. The van der Waals surface area contributed by atoms with Gasteiger partial charge in [-0.2, -0.15) is 0 Å². The van der Waals surface area contributed by atoms with Gasteiger partial charge in [-0.1, -0.05) is 6.92 Å². The highest BCUT2D eigenvalue weighted by Gasteiger charge is 2.06. The van der Waals surface area contributed by atoms with Gasteiger partial charge in [0.05, 0.1) is 0 Å². The maximum atomic E-state index is 8.66. The quantitative estimate of drug-likeness (QED) is 0.541. The van der Waals surface area contributed by atoms with E-state index in [0.29, 0.717) is 13.0 Å². The first-order chi connectivity index (χ1) is 5.74. The molecule has 6 N–H and O–H groups in total. The van der Waals surface area contributed by atoms with Crippen molar-refractivity contribution in [3.05, 3.63) is 0 Å². The topological polar surface area (TPSA) is 84.3 Å². The Balaban J connectivity index is -0.000000202. The molecule has 0 rings (SSSR count). The van der Waals surface area contributed by atoms with Gasteiger partial charge in [-0.25, -0.2) is 0 Å². The standard InChI is InChI=1S/C8H21N3O.3ClH/c1-2-7(10)6-11-8(5-9)3-4-12;;;/h7-8,11-12H,2-6,9-10H2,1H3;3*1H. The van der Waals surface area contributed by atoms with Crippen LogP contribution >= 0.6 is 37.2 Å². The zero-order valence-electron chi connectivity index (χ0n) is 9.02. The molecular weight excluding hydrogens is 260 g/mol. The van der Waals surface area contributed by atoms with Gasteiger partial charge in [-0.05, 0) is 12.8 Å². The van der Waals surface area contributed by atoms with Crippen molar-refractivity contribution in [2.75, 3.05) is 19.7 Å². The lowest BCUT2D eigenvalue weighted by Crippen LogP contribution is -2.43. The summed E-state index contributed by atoms with van der Waals surface area (Å²) < 4.78 is 0. The molecule has 0 heterocycles. The molecule has 0 spiro atoms. The highest BCUT2D eigenvalue weighted by Crippen LogP contribution is 1.90. The highest BCUT2D eigenvalue weighted by molar-refractivity contribution is 5.86. The van der Waals surface area contributed by atoms with Crippen LogP contribution in [0.3, 0.4) is 0 Å². The van der Waals surface area contributed by atoms with Crippen LogP contribution in [0.25, 0.3) is 0 Å².